The molecule has 0 saturated carbocycles. The van der Waals surface area contributed by atoms with Gasteiger partial charge in [-0.05, 0) is 12.8 Å². The highest BCUT2D eigenvalue weighted by Crippen LogP contribution is 2.09. The van der Waals surface area contributed by atoms with Crippen LogP contribution in [-0.4, -0.2) is 75.3 Å². The summed E-state index contributed by atoms with van der Waals surface area (Å²) in [5.74, 6) is -3.16. The Bertz CT molecular complexity index is 490. The minimum Gasteiger partial charge on any atom is -0.480 e. The smallest absolute Gasteiger partial charge is 0.322 e. The van der Waals surface area contributed by atoms with E-state index in [1.165, 1.54) is 11.8 Å². The van der Waals surface area contributed by atoms with Crippen LogP contribution >= 0.6 is 11.8 Å². The number of carbonyl (C=O) groups is 4. The molecule has 0 rings (SSSR count). The van der Waals surface area contributed by atoms with E-state index in [9.17, 15) is 24.3 Å². The Morgan fingerprint density at radius 1 is 1.12 bits per heavy atom. The van der Waals surface area contributed by atoms with Gasteiger partial charge in [0.15, 0.2) is 0 Å². The Balaban J connectivity index is 4.59. The third-order valence-electron chi connectivity index (χ3n) is 3.28. The van der Waals surface area contributed by atoms with E-state index < -0.39 is 48.5 Å². The topological polar surface area (TPSA) is 179 Å². The van der Waals surface area contributed by atoms with E-state index in [4.69, 9.17) is 15.9 Å². The van der Waals surface area contributed by atoms with Gasteiger partial charge in [-0.2, -0.15) is 11.8 Å². The Morgan fingerprint density at radius 2 is 1.77 bits per heavy atom. The zero-order chi connectivity index (χ0) is 20.1. The molecule has 26 heavy (non-hydrogen) atoms. The molecule has 150 valence electrons. The number of thioether (sulfide) groups is 1. The molecule has 0 aliphatic heterocycles. The number of amides is 2. The zero-order valence-electron chi connectivity index (χ0n) is 14.6. The van der Waals surface area contributed by atoms with Crippen molar-refractivity contribution in [1.82, 2.24) is 10.6 Å². The van der Waals surface area contributed by atoms with E-state index >= 15 is 0 Å². The second-order valence-electron chi connectivity index (χ2n) is 5.70. The van der Waals surface area contributed by atoms with Gasteiger partial charge in [0.2, 0.25) is 11.8 Å². The van der Waals surface area contributed by atoms with Gasteiger partial charge in [0.25, 0.3) is 0 Å². The standard InChI is InChI=1S/C15H27N3O7S/c1-2-3-9(19)7-26-8-11(14(23)17-6-13(21)22)18-12(20)5-4-10(16)15(24)25/h9-11,19H,2-8,16H2,1H3,(H,17,23)(H,18,20)(H,21,22)(H,24,25)/t9?,10-,11-/m0/s1. The molecule has 0 heterocycles. The van der Waals surface area contributed by atoms with Crippen LogP contribution in [0.4, 0.5) is 0 Å². The quantitative estimate of drug-likeness (QED) is 0.210. The molecule has 0 radical (unpaired) electrons. The lowest BCUT2D eigenvalue weighted by Crippen LogP contribution is -2.49. The fourth-order valence-electron chi connectivity index (χ4n) is 1.88. The van der Waals surface area contributed by atoms with E-state index in [1.54, 1.807) is 0 Å². The minimum atomic E-state index is -1.23. The lowest BCUT2D eigenvalue weighted by atomic mass is 10.1. The van der Waals surface area contributed by atoms with Crippen LogP contribution in [0.15, 0.2) is 0 Å². The Hall–Kier alpha value is -1.85. The summed E-state index contributed by atoms with van der Waals surface area (Å²) in [5, 5.41) is 31.6. The van der Waals surface area contributed by atoms with E-state index in [-0.39, 0.29) is 18.6 Å². The molecule has 7 N–H and O–H groups in total. The molecule has 0 aromatic rings. The first kappa shape index (κ1) is 24.1. The van der Waals surface area contributed by atoms with Gasteiger partial charge >= 0.3 is 11.9 Å². The molecule has 3 atom stereocenters. The van der Waals surface area contributed by atoms with Crippen LogP contribution in [0.3, 0.4) is 0 Å². The van der Waals surface area contributed by atoms with E-state index in [0.717, 1.165) is 6.42 Å². The summed E-state index contributed by atoms with van der Waals surface area (Å²) >= 11 is 1.25. The number of nitrogens with two attached hydrogens (primary N) is 1. The summed E-state index contributed by atoms with van der Waals surface area (Å²) in [5.41, 5.74) is 5.32. The lowest BCUT2D eigenvalue weighted by Gasteiger charge is -2.19. The Morgan fingerprint density at radius 3 is 2.31 bits per heavy atom. The molecular weight excluding hydrogens is 366 g/mol. The highest BCUT2D eigenvalue weighted by molar-refractivity contribution is 7.99. The van der Waals surface area contributed by atoms with E-state index in [1.807, 2.05) is 6.92 Å². The van der Waals surface area contributed by atoms with Crippen molar-refractivity contribution in [2.24, 2.45) is 5.73 Å². The third kappa shape index (κ3) is 11.7. The molecule has 0 aliphatic carbocycles. The fraction of sp³-hybridized carbons (Fsp3) is 0.733. The number of hydrogen-bond acceptors (Lipinski definition) is 7. The maximum atomic E-state index is 12.0. The van der Waals surface area contributed by atoms with Crippen molar-refractivity contribution in [1.29, 1.82) is 0 Å². The molecule has 2 amide bonds. The van der Waals surface area contributed by atoms with Crippen LogP contribution in [-0.2, 0) is 19.2 Å². The van der Waals surface area contributed by atoms with E-state index in [2.05, 4.69) is 10.6 Å². The molecular formula is C15H27N3O7S. The van der Waals surface area contributed by atoms with E-state index in [0.29, 0.717) is 12.2 Å². The summed E-state index contributed by atoms with van der Waals surface area (Å²) in [6.07, 6.45) is 0.622. The maximum absolute atomic E-state index is 12.0. The number of aliphatic hydroxyl groups is 1. The molecule has 0 saturated heterocycles. The number of aliphatic carboxylic acids is 2. The van der Waals surface area contributed by atoms with Gasteiger partial charge in [-0.1, -0.05) is 13.3 Å². The number of carboxylic acid groups (broad SMARTS) is 2. The number of aliphatic hydroxyl groups excluding tert-OH is 1. The van der Waals surface area contributed by atoms with Crippen LogP contribution in [0.25, 0.3) is 0 Å². The van der Waals surface area contributed by atoms with Crippen LogP contribution in [0.1, 0.15) is 32.6 Å². The second kappa shape index (κ2) is 13.4. The van der Waals surface area contributed by atoms with Crippen molar-refractivity contribution in [3.8, 4) is 0 Å². The van der Waals surface area contributed by atoms with Crippen molar-refractivity contribution in [3.05, 3.63) is 0 Å². The van der Waals surface area contributed by atoms with Crippen molar-refractivity contribution in [2.45, 2.75) is 50.8 Å². The fourth-order valence-corrected chi connectivity index (χ4v) is 2.93. The van der Waals surface area contributed by atoms with Crippen molar-refractivity contribution in [2.75, 3.05) is 18.1 Å². The molecule has 0 aromatic heterocycles. The first-order valence-corrected chi connectivity index (χ1v) is 9.35. The normalized spacial score (nSPS) is 14.1. The summed E-state index contributed by atoms with van der Waals surface area (Å²) in [7, 11) is 0. The van der Waals surface area contributed by atoms with Crippen molar-refractivity contribution < 1.29 is 34.5 Å². The van der Waals surface area contributed by atoms with Crippen LogP contribution in [0.5, 0.6) is 0 Å². The van der Waals surface area contributed by atoms with Gasteiger partial charge in [0.05, 0.1) is 6.10 Å². The average Bonchev–Trinajstić information content (AvgIpc) is 2.56. The highest BCUT2D eigenvalue weighted by atomic mass is 32.2. The zero-order valence-corrected chi connectivity index (χ0v) is 15.5. The molecule has 1 unspecified atom stereocenters. The van der Waals surface area contributed by atoms with Gasteiger partial charge < -0.3 is 31.7 Å². The van der Waals surface area contributed by atoms with Crippen LogP contribution in [0.2, 0.25) is 0 Å². The number of rotatable bonds is 14. The molecule has 0 fully saturated rings. The predicted octanol–water partition coefficient (Wildman–Crippen LogP) is -1.24. The summed E-state index contributed by atoms with van der Waals surface area (Å²) in [6, 6.07) is -2.18. The molecule has 0 spiro atoms. The largest absolute Gasteiger partial charge is 0.480 e. The second-order valence-corrected chi connectivity index (χ2v) is 6.77. The number of carbonyl (C=O) groups excluding carboxylic acids is 2. The number of nitrogens with one attached hydrogen (secondary N) is 2. The summed E-state index contributed by atoms with van der Waals surface area (Å²) < 4.78 is 0. The van der Waals surface area contributed by atoms with Gasteiger partial charge in [-0.25, -0.2) is 0 Å². The van der Waals surface area contributed by atoms with Gasteiger partial charge in [0.1, 0.15) is 18.6 Å². The first-order chi connectivity index (χ1) is 12.2. The Kier molecular flexibility index (Phi) is 12.4. The Labute approximate surface area is 155 Å². The molecule has 11 heteroatoms. The summed E-state index contributed by atoms with van der Waals surface area (Å²) in [4.78, 5) is 45.2. The lowest BCUT2D eigenvalue weighted by molar-refractivity contribution is -0.139. The predicted molar refractivity (Wildman–Crippen MR) is 95.7 cm³/mol. The molecule has 0 aromatic carbocycles. The van der Waals surface area contributed by atoms with Gasteiger partial charge in [-0.3, -0.25) is 19.2 Å². The molecule has 10 nitrogen and oxygen atoms in total. The average molecular weight is 393 g/mol. The highest BCUT2D eigenvalue weighted by Gasteiger charge is 2.22. The maximum Gasteiger partial charge on any atom is 0.322 e. The van der Waals surface area contributed by atoms with Crippen molar-refractivity contribution >= 4 is 35.5 Å². The first-order valence-electron chi connectivity index (χ1n) is 8.20. The molecule has 0 bridgehead atoms. The third-order valence-corrected chi connectivity index (χ3v) is 4.47. The van der Waals surface area contributed by atoms with Crippen molar-refractivity contribution in [3.63, 3.8) is 0 Å². The van der Waals surface area contributed by atoms with Crippen LogP contribution in [0, 0.1) is 0 Å². The van der Waals surface area contributed by atoms with Gasteiger partial charge in [-0.15, -0.1) is 0 Å². The van der Waals surface area contributed by atoms with Gasteiger partial charge in [0, 0.05) is 17.9 Å². The van der Waals surface area contributed by atoms with Crippen LogP contribution < -0.4 is 16.4 Å². The minimum absolute atomic E-state index is 0.0903. The monoisotopic (exact) mass is 393 g/mol. The number of carboxylic acids is 2. The SMILES string of the molecule is CCCC(O)CSC[C@H](NC(=O)CC[C@H](N)C(=O)O)C(=O)NCC(=O)O. The summed E-state index contributed by atoms with van der Waals surface area (Å²) in [6.45, 7) is 1.34. The molecule has 0 aliphatic rings. The number of hydrogen-bond donors (Lipinski definition) is 6.